The Kier molecular flexibility index (Phi) is 2.82. The van der Waals surface area contributed by atoms with E-state index in [0.717, 1.165) is 16.6 Å². The largest absolute Gasteiger partial charge is 0.494 e. The number of benzene rings is 2. The fourth-order valence-corrected chi connectivity index (χ4v) is 2.37. The number of nitrogens with zero attached hydrogens (tertiary/aromatic N) is 2. The van der Waals surface area contributed by atoms with Gasteiger partial charge >= 0.3 is 0 Å². The average molecular weight is 271 g/mol. The van der Waals surface area contributed by atoms with Crippen molar-refractivity contribution in [3.05, 3.63) is 47.8 Å². The molecule has 0 saturated carbocycles. The minimum Gasteiger partial charge on any atom is -0.494 e. The number of methoxy groups -OCH3 is 1. The second kappa shape index (κ2) is 4.52. The van der Waals surface area contributed by atoms with Crippen molar-refractivity contribution in [2.75, 3.05) is 12.8 Å². The van der Waals surface area contributed by atoms with Crippen LogP contribution < -0.4 is 10.5 Å². The van der Waals surface area contributed by atoms with Crippen LogP contribution in [0.15, 0.2) is 36.4 Å². The summed E-state index contributed by atoms with van der Waals surface area (Å²) >= 11 is 0. The van der Waals surface area contributed by atoms with Gasteiger partial charge in [0.25, 0.3) is 0 Å². The summed E-state index contributed by atoms with van der Waals surface area (Å²) in [6.45, 7) is 1.97. The first-order valence-electron chi connectivity index (χ1n) is 6.19. The standard InChI is InChI=1S/C15H14FN3O/c1-9-4-3-5-12-14(9)19(15(17)18-12)10-6-7-13(20-2)11(16)8-10/h3-8H,1-2H3,(H2,17,18). The van der Waals surface area contributed by atoms with E-state index in [-0.39, 0.29) is 5.75 Å². The zero-order chi connectivity index (χ0) is 14.3. The number of nitrogen functional groups attached to an aromatic ring is 1. The molecule has 2 aromatic carbocycles. The van der Waals surface area contributed by atoms with E-state index in [4.69, 9.17) is 10.5 Å². The van der Waals surface area contributed by atoms with Crippen molar-refractivity contribution in [1.82, 2.24) is 9.55 Å². The van der Waals surface area contributed by atoms with Gasteiger partial charge in [0.2, 0.25) is 5.95 Å². The predicted molar refractivity (Wildman–Crippen MR) is 76.7 cm³/mol. The summed E-state index contributed by atoms with van der Waals surface area (Å²) in [4.78, 5) is 4.31. The van der Waals surface area contributed by atoms with Gasteiger partial charge in [0.05, 0.1) is 23.8 Å². The molecule has 0 aliphatic heterocycles. The maximum atomic E-state index is 13.9. The summed E-state index contributed by atoms with van der Waals surface area (Å²) in [6, 6.07) is 10.5. The number of ether oxygens (including phenoxy) is 1. The van der Waals surface area contributed by atoms with Crippen molar-refractivity contribution in [3.8, 4) is 11.4 Å². The van der Waals surface area contributed by atoms with Crippen molar-refractivity contribution in [2.24, 2.45) is 0 Å². The van der Waals surface area contributed by atoms with E-state index in [1.165, 1.54) is 13.2 Å². The summed E-state index contributed by atoms with van der Waals surface area (Å²) in [5, 5.41) is 0. The average Bonchev–Trinajstić information content (AvgIpc) is 2.76. The van der Waals surface area contributed by atoms with Crippen LogP contribution in [-0.4, -0.2) is 16.7 Å². The first-order chi connectivity index (χ1) is 9.61. The molecule has 3 aromatic rings. The molecule has 20 heavy (non-hydrogen) atoms. The number of hydrogen-bond acceptors (Lipinski definition) is 3. The van der Waals surface area contributed by atoms with Gasteiger partial charge in [-0.1, -0.05) is 12.1 Å². The highest BCUT2D eigenvalue weighted by molar-refractivity contribution is 5.83. The van der Waals surface area contributed by atoms with Crippen molar-refractivity contribution in [3.63, 3.8) is 0 Å². The first kappa shape index (κ1) is 12.5. The van der Waals surface area contributed by atoms with Crippen LogP contribution in [0.4, 0.5) is 10.3 Å². The maximum Gasteiger partial charge on any atom is 0.205 e. The van der Waals surface area contributed by atoms with Gasteiger partial charge in [0, 0.05) is 6.07 Å². The van der Waals surface area contributed by atoms with Gasteiger partial charge in [0.1, 0.15) is 0 Å². The number of anilines is 1. The Morgan fingerprint density at radius 2 is 2.05 bits per heavy atom. The molecule has 3 rings (SSSR count). The molecule has 5 heteroatoms. The zero-order valence-electron chi connectivity index (χ0n) is 11.2. The molecule has 0 bridgehead atoms. The van der Waals surface area contributed by atoms with Crippen LogP contribution in [0.2, 0.25) is 0 Å². The summed E-state index contributed by atoms with van der Waals surface area (Å²) in [7, 11) is 1.43. The third-order valence-electron chi connectivity index (χ3n) is 3.30. The number of aromatic nitrogens is 2. The lowest BCUT2D eigenvalue weighted by atomic mass is 10.2. The SMILES string of the molecule is COc1ccc(-n2c(N)nc3cccc(C)c32)cc1F. The Labute approximate surface area is 115 Å². The molecule has 0 aliphatic rings. The van der Waals surface area contributed by atoms with E-state index < -0.39 is 5.82 Å². The summed E-state index contributed by atoms with van der Waals surface area (Å²) in [5.74, 6) is 0.104. The maximum absolute atomic E-state index is 13.9. The number of halogens is 1. The Bertz CT molecular complexity index is 795. The van der Waals surface area contributed by atoms with Gasteiger partial charge in [-0.05, 0) is 30.7 Å². The minimum absolute atomic E-state index is 0.202. The lowest BCUT2D eigenvalue weighted by molar-refractivity contribution is 0.386. The molecule has 102 valence electrons. The van der Waals surface area contributed by atoms with Gasteiger partial charge < -0.3 is 10.5 Å². The molecule has 0 spiro atoms. The lowest BCUT2D eigenvalue weighted by Gasteiger charge is -2.10. The van der Waals surface area contributed by atoms with Crippen LogP contribution in [0.1, 0.15) is 5.56 Å². The van der Waals surface area contributed by atoms with Crippen molar-refractivity contribution < 1.29 is 9.13 Å². The Morgan fingerprint density at radius 1 is 1.25 bits per heavy atom. The molecule has 1 aromatic heterocycles. The number of imidazole rings is 1. The number of hydrogen-bond donors (Lipinski definition) is 1. The number of aryl methyl sites for hydroxylation is 1. The monoisotopic (exact) mass is 271 g/mol. The quantitative estimate of drug-likeness (QED) is 0.779. The molecule has 0 aliphatic carbocycles. The molecule has 2 N–H and O–H groups in total. The highest BCUT2D eigenvalue weighted by Crippen LogP contribution is 2.28. The molecular weight excluding hydrogens is 257 g/mol. The second-order valence-electron chi connectivity index (χ2n) is 4.57. The van der Waals surface area contributed by atoms with Crippen LogP contribution >= 0.6 is 0 Å². The molecule has 0 atom stereocenters. The van der Waals surface area contributed by atoms with Crippen LogP contribution in [-0.2, 0) is 0 Å². The van der Waals surface area contributed by atoms with Gasteiger partial charge in [-0.15, -0.1) is 0 Å². The van der Waals surface area contributed by atoms with Crippen LogP contribution in [0.25, 0.3) is 16.7 Å². The fourth-order valence-electron chi connectivity index (χ4n) is 2.37. The van der Waals surface area contributed by atoms with Crippen LogP contribution in [0.5, 0.6) is 5.75 Å². The minimum atomic E-state index is -0.431. The molecule has 0 fully saturated rings. The number of rotatable bonds is 2. The zero-order valence-corrected chi connectivity index (χ0v) is 11.2. The molecule has 0 saturated heterocycles. The highest BCUT2D eigenvalue weighted by Gasteiger charge is 2.13. The van der Waals surface area contributed by atoms with Crippen LogP contribution in [0.3, 0.4) is 0 Å². The van der Waals surface area contributed by atoms with E-state index in [2.05, 4.69) is 4.98 Å². The lowest BCUT2D eigenvalue weighted by Crippen LogP contribution is -2.02. The van der Waals surface area contributed by atoms with E-state index in [0.29, 0.717) is 11.6 Å². The summed E-state index contributed by atoms with van der Waals surface area (Å²) in [6.07, 6.45) is 0. The smallest absolute Gasteiger partial charge is 0.205 e. The Morgan fingerprint density at radius 3 is 2.75 bits per heavy atom. The van der Waals surface area contributed by atoms with E-state index >= 15 is 0 Å². The van der Waals surface area contributed by atoms with Gasteiger partial charge in [-0.3, -0.25) is 4.57 Å². The molecule has 0 unspecified atom stereocenters. The summed E-state index contributed by atoms with van der Waals surface area (Å²) < 4.78 is 20.5. The third-order valence-corrected chi connectivity index (χ3v) is 3.30. The number of para-hydroxylation sites is 1. The molecule has 0 radical (unpaired) electrons. The highest BCUT2D eigenvalue weighted by atomic mass is 19.1. The molecule has 4 nitrogen and oxygen atoms in total. The predicted octanol–water partition coefficient (Wildman–Crippen LogP) is 3.06. The number of fused-ring (bicyclic) bond motifs is 1. The van der Waals surface area contributed by atoms with Gasteiger partial charge in [-0.2, -0.15) is 0 Å². The second-order valence-corrected chi connectivity index (χ2v) is 4.57. The van der Waals surface area contributed by atoms with E-state index in [1.54, 1.807) is 16.7 Å². The molecule has 0 amide bonds. The molecule has 1 heterocycles. The topological polar surface area (TPSA) is 53.1 Å². The number of nitrogens with two attached hydrogens (primary N) is 1. The summed E-state index contributed by atoms with van der Waals surface area (Å²) in [5.41, 5.74) is 9.30. The Hall–Kier alpha value is -2.56. The van der Waals surface area contributed by atoms with E-state index in [1.807, 2.05) is 25.1 Å². The first-order valence-corrected chi connectivity index (χ1v) is 6.19. The van der Waals surface area contributed by atoms with Crippen molar-refractivity contribution >= 4 is 17.0 Å². The van der Waals surface area contributed by atoms with Crippen molar-refractivity contribution in [1.29, 1.82) is 0 Å². The van der Waals surface area contributed by atoms with Crippen LogP contribution in [0, 0.1) is 12.7 Å². The Balaban J connectivity index is 2.29. The van der Waals surface area contributed by atoms with Gasteiger partial charge in [0.15, 0.2) is 11.6 Å². The van der Waals surface area contributed by atoms with E-state index in [9.17, 15) is 4.39 Å². The normalized spacial score (nSPS) is 10.9. The van der Waals surface area contributed by atoms with Crippen molar-refractivity contribution in [2.45, 2.75) is 6.92 Å². The molecular formula is C15H14FN3O. The fraction of sp³-hybridized carbons (Fsp3) is 0.133. The van der Waals surface area contributed by atoms with Gasteiger partial charge in [-0.25, -0.2) is 9.37 Å². The third kappa shape index (κ3) is 1.79.